The van der Waals surface area contributed by atoms with Gasteiger partial charge in [-0.2, -0.15) is 13.2 Å². The van der Waals surface area contributed by atoms with Crippen molar-refractivity contribution in [1.29, 1.82) is 0 Å². The zero-order valence-electron chi connectivity index (χ0n) is 10.7. The summed E-state index contributed by atoms with van der Waals surface area (Å²) >= 11 is 10.4. The lowest BCUT2D eigenvalue weighted by atomic mass is 10.3. The molecule has 22 heavy (non-hydrogen) atoms. The quantitative estimate of drug-likeness (QED) is 0.608. The summed E-state index contributed by atoms with van der Waals surface area (Å²) in [6, 6.07) is 3.40. The van der Waals surface area contributed by atoms with Crippen molar-refractivity contribution in [3.05, 3.63) is 39.0 Å². The summed E-state index contributed by atoms with van der Waals surface area (Å²) in [6.07, 6.45) is -4.70. The van der Waals surface area contributed by atoms with Crippen LogP contribution < -0.4 is 4.74 Å². The minimum Gasteiger partial charge on any atom is -0.436 e. The Morgan fingerprint density at radius 1 is 1.45 bits per heavy atom. The molecule has 0 spiro atoms. The Morgan fingerprint density at radius 3 is 2.55 bits per heavy atom. The van der Waals surface area contributed by atoms with Gasteiger partial charge in [-0.15, -0.1) is 5.10 Å². The summed E-state index contributed by atoms with van der Waals surface area (Å²) in [7, 11) is 1.07. The van der Waals surface area contributed by atoms with Crippen molar-refractivity contribution in [2.75, 3.05) is 0 Å². The lowest BCUT2D eigenvalue weighted by Crippen LogP contribution is -2.12. The van der Waals surface area contributed by atoms with Gasteiger partial charge in [0.1, 0.15) is 15.7 Å². The SMILES string of the molecule is Cn1nc(Oc2ccc([N+](=O)[O-])c([S])c2)c(Cl)c1C(F)(F)F. The molecule has 0 N–H and O–H groups in total. The van der Waals surface area contributed by atoms with Gasteiger partial charge in [-0.1, -0.05) is 24.2 Å². The van der Waals surface area contributed by atoms with Crippen LogP contribution in [0.4, 0.5) is 18.9 Å². The number of halogens is 4. The molecule has 2 rings (SSSR count). The van der Waals surface area contributed by atoms with Crippen LogP contribution in [-0.2, 0) is 13.2 Å². The monoisotopic (exact) mass is 352 g/mol. The predicted molar refractivity (Wildman–Crippen MR) is 72.2 cm³/mol. The smallest absolute Gasteiger partial charge is 0.434 e. The second kappa shape index (κ2) is 5.61. The third-order valence-electron chi connectivity index (χ3n) is 2.57. The van der Waals surface area contributed by atoms with Gasteiger partial charge in [0, 0.05) is 19.2 Å². The maximum absolute atomic E-state index is 12.8. The second-order valence-corrected chi connectivity index (χ2v) is 4.90. The van der Waals surface area contributed by atoms with Crippen LogP contribution in [0.25, 0.3) is 0 Å². The summed E-state index contributed by atoms with van der Waals surface area (Å²) < 4.78 is 44.0. The second-order valence-electron chi connectivity index (χ2n) is 4.08. The first-order chi connectivity index (χ1) is 10.1. The molecule has 0 aliphatic carbocycles. The van der Waals surface area contributed by atoms with Gasteiger partial charge >= 0.3 is 6.18 Å². The highest BCUT2D eigenvalue weighted by Gasteiger charge is 2.39. The summed E-state index contributed by atoms with van der Waals surface area (Å²) in [5.74, 6) is -0.482. The first-order valence-electron chi connectivity index (χ1n) is 5.54. The first kappa shape index (κ1) is 16.3. The molecule has 0 saturated heterocycles. The molecule has 1 aromatic carbocycles. The molecule has 0 unspecified atom stereocenters. The lowest BCUT2D eigenvalue weighted by molar-refractivity contribution is -0.387. The van der Waals surface area contributed by atoms with E-state index in [9.17, 15) is 23.3 Å². The molecule has 0 saturated carbocycles. The Kier molecular flexibility index (Phi) is 4.16. The van der Waals surface area contributed by atoms with Gasteiger partial charge in [0.25, 0.3) is 11.6 Å². The Morgan fingerprint density at radius 2 is 2.09 bits per heavy atom. The molecule has 0 aliphatic heterocycles. The van der Waals surface area contributed by atoms with E-state index in [-0.39, 0.29) is 16.3 Å². The average molecular weight is 353 g/mol. The molecular weight excluding hydrogens is 347 g/mol. The molecule has 0 amide bonds. The van der Waals surface area contributed by atoms with Gasteiger partial charge < -0.3 is 4.74 Å². The average Bonchev–Trinajstić information content (AvgIpc) is 2.63. The van der Waals surface area contributed by atoms with Crippen molar-refractivity contribution >= 4 is 29.9 Å². The number of hydrogen-bond donors (Lipinski definition) is 0. The molecule has 117 valence electrons. The molecule has 1 radical (unpaired) electrons. The van der Waals surface area contributed by atoms with Crippen LogP contribution in [0, 0.1) is 10.1 Å². The fourth-order valence-corrected chi connectivity index (χ4v) is 2.23. The Labute approximate surface area is 132 Å². The maximum Gasteiger partial charge on any atom is 0.434 e. The van der Waals surface area contributed by atoms with E-state index in [1.54, 1.807) is 0 Å². The van der Waals surface area contributed by atoms with Crippen molar-refractivity contribution in [2.24, 2.45) is 7.05 Å². The van der Waals surface area contributed by atoms with E-state index in [2.05, 4.69) is 5.10 Å². The number of ether oxygens (including phenoxy) is 1. The van der Waals surface area contributed by atoms with E-state index in [1.807, 2.05) is 0 Å². The van der Waals surface area contributed by atoms with E-state index in [4.69, 9.17) is 29.0 Å². The van der Waals surface area contributed by atoms with Crippen LogP contribution >= 0.6 is 24.2 Å². The summed E-state index contributed by atoms with van der Waals surface area (Å²) in [6.45, 7) is 0. The van der Waals surface area contributed by atoms with Crippen molar-refractivity contribution in [1.82, 2.24) is 9.78 Å². The molecule has 0 aliphatic rings. The standard InChI is InChI=1S/C11H6ClF3N3O3S/c1-17-9(11(13,14)15)8(12)10(16-17)21-5-2-3-6(18(19)20)7(22)4-5/h2-4H,1H3. The highest BCUT2D eigenvalue weighted by Crippen LogP contribution is 2.40. The number of alkyl halides is 3. The van der Waals surface area contributed by atoms with Gasteiger partial charge in [-0.3, -0.25) is 14.8 Å². The lowest BCUT2D eigenvalue weighted by Gasteiger charge is -2.06. The highest BCUT2D eigenvalue weighted by molar-refractivity contribution is 7.80. The molecule has 1 heterocycles. The van der Waals surface area contributed by atoms with Crippen LogP contribution in [0.5, 0.6) is 11.6 Å². The van der Waals surface area contributed by atoms with Gasteiger partial charge in [-0.05, 0) is 6.07 Å². The van der Waals surface area contributed by atoms with Crippen LogP contribution in [0.2, 0.25) is 5.02 Å². The Balaban J connectivity index is 2.36. The van der Waals surface area contributed by atoms with Gasteiger partial charge in [0.2, 0.25) is 0 Å². The molecule has 0 fully saturated rings. The van der Waals surface area contributed by atoms with E-state index in [0.29, 0.717) is 4.68 Å². The third-order valence-corrected chi connectivity index (χ3v) is 3.24. The molecule has 2 aromatic rings. The van der Waals surface area contributed by atoms with Crippen molar-refractivity contribution in [3.8, 4) is 11.6 Å². The third kappa shape index (κ3) is 3.07. The van der Waals surface area contributed by atoms with Crippen molar-refractivity contribution < 1.29 is 22.8 Å². The normalized spacial score (nSPS) is 11.5. The van der Waals surface area contributed by atoms with Crippen LogP contribution in [0.3, 0.4) is 0 Å². The fourth-order valence-electron chi connectivity index (χ4n) is 1.67. The maximum atomic E-state index is 12.8. The predicted octanol–water partition coefficient (Wildman–Crippen LogP) is 4.35. The Hall–Kier alpha value is -2.07. The molecular formula is C11H6ClF3N3O3S. The van der Waals surface area contributed by atoms with Crippen molar-refractivity contribution in [2.45, 2.75) is 11.1 Å². The molecule has 11 heteroatoms. The summed E-state index contributed by atoms with van der Waals surface area (Å²) in [5.41, 5.74) is -1.48. The number of nitro groups is 1. The number of nitrogens with zero attached hydrogens (tertiary/aromatic N) is 3. The zero-order valence-corrected chi connectivity index (χ0v) is 12.3. The number of aryl methyl sites for hydroxylation is 1. The number of hydrogen-bond acceptors (Lipinski definition) is 4. The number of nitro benzene ring substituents is 1. The zero-order chi connectivity index (χ0) is 16.7. The van der Waals surface area contributed by atoms with Crippen LogP contribution in [0.15, 0.2) is 23.1 Å². The minimum atomic E-state index is -4.70. The first-order valence-corrected chi connectivity index (χ1v) is 6.33. The van der Waals surface area contributed by atoms with Crippen molar-refractivity contribution in [3.63, 3.8) is 0 Å². The van der Waals surface area contributed by atoms with Gasteiger partial charge in [-0.25, -0.2) is 0 Å². The summed E-state index contributed by atoms with van der Waals surface area (Å²) in [5, 5.41) is 13.5. The summed E-state index contributed by atoms with van der Waals surface area (Å²) in [4.78, 5) is 9.84. The van der Waals surface area contributed by atoms with Crippen LogP contribution in [0.1, 0.15) is 5.69 Å². The molecule has 6 nitrogen and oxygen atoms in total. The van der Waals surface area contributed by atoms with Gasteiger partial charge in [0.15, 0.2) is 5.69 Å². The fraction of sp³-hybridized carbons (Fsp3) is 0.182. The topological polar surface area (TPSA) is 70.2 Å². The largest absolute Gasteiger partial charge is 0.436 e. The minimum absolute atomic E-state index is 0.00988. The molecule has 1 aromatic heterocycles. The van der Waals surface area contributed by atoms with E-state index in [0.717, 1.165) is 19.2 Å². The van der Waals surface area contributed by atoms with E-state index >= 15 is 0 Å². The molecule has 0 bridgehead atoms. The highest BCUT2D eigenvalue weighted by atomic mass is 35.5. The van der Waals surface area contributed by atoms with Gasteiger partial charge in [0.05, 0.1) is 4.92 Å². The Bertz CT molecular complexity index is 748. The molecule has 0 atom stereocenters. The van der Waals surface area contributed by atoms with E-state index < -0.39 is 27.7 Å². The number of rotatable bonds is 3. The number of aromatic nitrogens is 2. The van der Waals surface area contributed by atoms with E-state index in [1.165, 1.54) is 6.07 Å². The number of benzene rings is 1. The van der Waals surface area contributed by atoms with Crippen LogP contribution in [-0.4, -0.2) is 14.7 Å².